The second kappa shape index (κ2) is 5.75. The average molecular weight is 224 g/mol. The summed E-state index contributed by atoms with van der Waals surface area (Å²) in [6.45, 7) is 8.47. The molecule has 0 amide bonds. The maximum absolute atomic E-state index is 11.6. The molecule has 0 aliphatic heterocycles. The first-order chi connectivity index (χ1) is 7.50. The number of carbonyl (C=O) groups excluding carboxylic acids is 1. The van der Waals surface area contributed by atoms with Crippen molar-refractivity contribution in [3.8, 4) is 0 Å². The standard InChI is InChI=1S/C11H20N4O/c1-8(2)12-6-10(16)5-11-13-7-14-15(11)9(3)4/h7-9,12H,5-6H2,1-4H3. The summed E-state index contributed by atoms with van der Waals surface area (Å²) in [7, 11) is 0. The normalized spacial score (nSPS) is 11.4. The molecule has 0 bridgehead atoms. The Bertz CT molecular complexity index is 344. The highest BCUT2D eigenvalue weighted by molar-refractivity contribution is 5.82. The molecule has 0 aliphatic carbocycles. The third-order valence-corrected chi connectivity index (χ3v) is 2.20. The van der Waals surface area contributed by atoms with E-state index < -0.39 is 0 Å². The minimum atomic E-state index is 0.142. The van der Waals surface area contributed by atoms with Gasteiger partial charge >= 0.3 is 0 Å². The minimum absolute atomic E-state index is 0.142. The molecular formula is C11H20N4O. The molecule has 1 heterocycles. The van der Waals surface area contributed by atoms with Crippen LogP contribution in [0.3, 0.4) is 0 Å². The Morgan fingerprint density at radius 3 is 2.69 bits per heavy atom. The Kier molecular flexibility index (Phi) is 4.61. The van der Waals surface area contributed by atoms with Crippen molar-refractivity contribution in [2.75, 3.05) is 6.54 Å². The SMILES string of the molecule is CC(C)NCC(=O)Cc1ncnn1C(C)C. The predicted octanol–water partition coefficient (Wildman–Crippen LogP) is 0.969. The van der Waals surface area contributed by atoms with Crippen LogP contribution < -0.4 is 5.32 Å². The van der Waals surface area contributed by atoms with Crippen LogP contribution in [0, 0.1) is 0 Å². The first kappa shape index (κ1) is 12.8. The molecule has 0 aromatic carbocycles. The molecule has 1 rings (SSSR count). The van der Waals surface area contributed by atoms with E-state index in [0.717, 1.165) is 5.82 Å². The van der Waals surface area contributed by atoms with Crippen molar-refractivity contribution in [3.05, 3.63) is 12.2 Å². The lowest BCUT2D eigenvalue weighted by Crippen LogP contribution is -2.30. The van der Waals surface area contributed by atoms with Crippen molar-refractivity contribution < 1.29 is 4.79 Å². The highest BCUT2D eigenvalue weighted by atomic mass is 16.1. The molecule has 0 spiro atoms. The van der Waals surface area contributed by atoms with Gasteiger partial charge in [-0.15, -0.1) is 0 Å². The molecule has 0 aliphatic rings. The summed E-state index contributed by atoms with van der Waals surface area (Å²) < 4.78 is 1.78. The van der Waals surface area contributed by atoms with Gasteiger partial charge < -0.3 is 5.32 Å². The maximum Gasteiger partial charge on any atom is 0.154 e. The summed E-state index contributed by atoms with van der Waals surface area (Å²) in [5, 5.41) is 7.20. The Morgan fingerprint density at radius 2 is 2.12 bits per heavy atom. The van der Waals surface area contributed by atoms with Gasteiger partial charge in [-0.3, -0.25) is 4.79 Å². The molecule has 1 aromatic heterocycles. The highest BCUT2D eigenvalue weighted by Gasteiger charge is 2.12. The van der Waals surface area contributed by atoms with Crippen molar-refractivity contribution in [3.63, 3.8) is 0 Å². The molecule has 5 heteroatoms. The van der Waals surface area contributed by atoms with Crippen LogP contribution in [0.25, 0.3) is 0 Å². The van der Waals surface area contributed by atoms with E-state index in [1.807, 2.05) is 27.7 Å². The number of nitrogens with one attached hydrogen (secondary N) is 1. The lowest BCUT2D eigenvalue weighted by Gasteiger charge is -2.10. The second-order valence-corrected chi connectivity index (χ2v) is 4.47. The van der Waals surface area contributed by atoms with Crippen LogP contribution in [0.5, 0.6) is 0 Å². The summed E-state index contributed by atoms with van der Waals surface area (Å²) in [4.78, 5) is 15.8. The van der Waals surface area contributed by atoms with E-state index in [1.165, 1.54) is 6.33 Å². The molecule has 0 saturated heterocycles. The molecular weight excluding hydrogens is 204 g/mol. The number of rotatable bonds is 6. The molecule has 90 valence electrons. The van der Waals surface area contributed by atoms with Crippen molar-refractivity contribution in [2.24, 2.45) is 0 Å². The fraction of sp³-hybridized carbons (Fsp3) is 0.727. The predicted molar refractivity (Wildman–Crippen MR) is 62.3 cm³/mol. The smallest absolute Gasteiger partial charge is 0.154 e. The van der Waals surface area contributed by atoms with Gasteiger partial charge in [0, 0.05) is 12.1 Å². The fourth-order valence-electron chi connectivity index (χ4n) is 1.39. The number of carbonyl (C=O) groups is 1. The fourth-order valence-corrected chi connectivity index (χ4v) is 1.39. The summed E-state index contributed by atoms with van der Waals surface area (Å²) in [5.41, 5.74) is 0. The Hall–Kier alpha value is -1.23. The summed E-state index contributed by atoms with van der Waals surface area (Å²) in [6, 6.07) is 0.565. The molecule has 0 unspecified atom stereocenters. The Balaban J connectivity index is 2.53. The number of ketones is 1. The summed E-state index contributed by atoms with van der Waals surface area (Å²) in [6.07, 6.45) is 1.84. The zero-order valence-corrected chi connectivity index (χ0v) is 10.4. The van der Waals surface area contributed by atoms with E-state index in [2.05, 4.69) is 15.4 Å². The maximum atomic E-state index is 11.6. The monoisotopic (exact) mass is 224 g/mol. The number of aromatic nitrogens is 3. The van der Waals surface area contributed by atoms with Crippen molar-refractivity contribution in [2.45, 2.75) is 46.2 Å². The quantitative estimate of drug-likeness (QED) is 0.782. The van der Waals surface area contributed by atoms with Gasteiger partial charge in [-0.25, -0.2) is 9.67 Å². The van der Waals surface area contributed by atoms with Gasteiger partial charge in [0.25, 0.3) is 0 Å². The highest BCUT2D eigenvalue weighted by Crippen LogP contribution is 2.05. The summed E-state index contributed by atoms with van der Waals surface area (Å²) >= 11 is 0. The van der Waals surface area contributed by atoms with Gasteiger partial charge in [0.2, 0.25) is 0 Å². The minimum Gasteiger partial charge on any atom is -0.308 e. The number of hydrogen-bond donors (Lipinski definition) is 1. The molecule has 0 fully saturated rings. The molecule has 0 atom stereocenters. The van der Waals surface area contributed by atoms with Crippen molar-refractivity contribution in [1.82, 2.24) is 20.1 Å². The first-order valence-corrected chi connectivity index (χ1v) is 5.64. The first-order valence-electron chi connectivity index (χ1n) is 5.64. The van der Waals surface area contributed by atoms with Crippen LogP contribution in [0.2, 0.25) is 0 Å². The van der Waals surface area contributed by atoms with Gasteiger partial charge in [0.1, 0.15) is 12.2 Å². The third kappa shape index (κ3) is 3.73. The number of Topliss-reactive ketones (excluding diaryl/α,β-unsaturated/α-hetero) is 1. The molecule has 0 saturated carbocycles. The zero-order valence-electron chi connectivity index (χ0n) is 10.4. The zero-order chi connectivity index (χ0) is 12.1. The Morgan fingerprint density at radius 1 is 1.44 bits per heavy atom. The van der Waals surface area contributed by atoms with E-state index >= 15 is 0 Å². The van der Waals surface area contributed by atoms with Crippen LogP contribution in [-0.2, 0) is 11.2 Å². The number of hydrogen-bond acceptors (Lipinski definition) is 4. The molecule has 16 heavy (non-hydrogen) atoms. The average Bonchev–Trinajstić information content (AvgIpc) is 2.62. The van der Waals surface area contributed by atoms with E-state index in [0.29, 0.717) is 19.0 Å². The Labute approximate surface area is 96.3 Å². The largest absolute Gasteiger partial charge is 0.308 e. The summed E-state index contributed by atoms with van der Waals surface area (Å²) in [5.74, 6) is 0.883. The van der Waals surface area contributed by atoms with Crippen LogP contribution in [0.15, 0.2) is 6.33 Å². The van der Waals surface area contributed by atoms with Gasteiger partial charge in [-0.05, 0) is 13.8 Å². The van der Waals surface area contributed by atoms with Gasteiger partial charge in [0.05, 0.1) is 13.0 Å². The molecule has 1 N–H and O–H groups in total. The van der Waals surface area contributed by atoms with Crippen molar-refractivity contribution in [1.29, 1.82) is 0 Å². The van der Waals surface area contributed by atoms with Crippen LogP contribution in [0.1, 0.15) is 39.6 Å². The molecule has 5 nitrogen and oxygen atoms in total. The lowest BCUT2D eigenvalue weighted by molar-refractivity contribution is -0.117. The van der Waals surface area contributed by atoms with Crippen LogP contribution >= 0.6 is 0 Å². The van der Waals surface area contributed by atoms with Crippen molar-refractivity contribution >= 4 is 5.78 Å². The third-order valence-electron chi connectivity index (χ3n) is 2.20. The van der Waals surface area contributed by atoms with E-state index in [-0.39, 0.29) is 11.8 Å². The van der Waals surface area contributed by atoms with Crippen LogP contribution in [-0.4, -0.2) is 33.1 Å². The second-order valence-electron chi connectivity index (χ2n) is 4.47. The van der Waals surface area contributed by atoms with E-state index in [9.17, 15) is 4.79 Å². The lowest BCUT2D eigenvalue weighted by atomic mass is 10.2. The van der Waals surface area contributed by atoms with Gasteiger partial charge in [-0.2, -0.15) is 5.10 Å². The molecule has 0 radical (unpaired) electrons. The topological polar surface area (TPSA) is 59.8 Å². The molecule has 1 aromatic rings. The van der Waals surface area contributed by atoms with Gasteiger partial charge in [-0.1, -0.05) is 13.8 Å². The van der Waals surface area contributed by atoms with E-state index in [1.54, 1.807) is 4.68 Å². The van der Waals surface area contributed by atoms with Crippen LogP contribution in [0.4, 0.5) is 0 Å². The van der Waals surface area contributed by atoms with E-state index in [4.69, 9.17) is 0 Å². The number of nitrogens with zero attached hydrogens (tertiary/aromatic N) is 3. The van der Waals surface area contributed by atoms with Gasteiger partial charge in [0.15, 0.2) is 5.78 Å².